The van der Waals surface area contributed by atoms with Crippen molar-refractivity contribution in [3.8, 4) is 5.75 Å². The number of hydrogen-bond donors (Lipinski definition) is 1. The highest BCUT2D eigenvalue weighted by Gasteiger charge is 2.24. The molecule has 3 aromatic rings. The molecule has 1 N–H and O–H groups in total. The Bertz CT molecular complexity index is 1140. The first-order valence-corrected chi connectivity index (χ1v) is 11.5. The van der Waals surface area contributed by atoms with E-state index in [0.29, 0.717) is 35.9 Å². The molecule has 164 valence electrons. The van der Waals surface area contributed by atoms with E-state index in [9.17, 15) is 13.2 Å². The van der Waals surface area contributed by atoms with Gasteiger partial charge in [0, 0.05) is 18.8 Å². The number of carbonyl (C=O) groups is 1. The fraction of sp³-hybridized carbons (Fsp3) is 0.261. The van der Waals surface area contributed by atoms with Crippen LogP contribution in [0, 0.1) is 6.92 Å². The fourth-order valence-electron chi connectivity index (χ4n) is 3.10. The Morgan fingerprint density at radius 2 is 1.74 bits per heavy atom. The highest BCUT2D eigenvalue weighted by atomic mass is 32.2. The van der Waals surface area contributed by atoms with E-state index in [2.05, 4.69) is 5.32 Å². The smallest absolute Gasteiger partial charge is 0.291 e. The number of amides is 1. The van der Waals surface area contributed by atoms with Crippen molar-refractivity contribution in [1.82, 2.24) is 4.31 Å². The van der Waals surface area contributed by atoms with Crippen molar-refractivity contribution in [2.75, 3.05) is 18.4 Å². The number of nitrogens with one attached hydrogen (secondary N) is 1. The Balaban J connectivity index is 1.72. The number of sulfonamides is 1. The lowest BCUT2D eigenvalue weighted by Crippen LogP contribution is -2.31. The molecule has 0 unspecified atom stereocenters. The lowest BCUT2D eigenvalue weighted by atomic mass is 10.2. The van der Waals surface area contributed by atoms with Crippen LogP contribution in [0.1, 0.15) is 35.7 Å². The number of aryl methyl sites for hydroxylation is 1. The Kier molecular flexibility index (Phi) is 7.14. The summed E-state index contributed by atoms with van der Waals surface area (Å²) < 4.78 is 38.4. The van der Waals surface area contributed by atoms with E-state index in [1.54, 1.807) is 45.0 Å². The molecule has 0 radical (unpaired) electrons. The van der Waals surface area contributed by atoms with Crippen molar-refractivity contribution < 1.29 is 22.4 Å². The zero-order valence-corrected chi connectivity index (χ0v) is 18.6. The summed E-state index contributed by atoms with van der Waals surface area (Å²) in [5, 5.41) is 2.70. The van der Waals surface area contributed by atoms with Crippen LogP contribution in [0.5, 0.6) is 5.75 Å². The Hall–Kier alpha value is -3.10. The van der Waals surface area contributed by atoms with Crippen molar-refractivity contribution in [1.29, 1.82) is 0 Å². The van der Waals surface area contributed by atoms with Crippen LogP contribution < -0.4 is 10.1 Å². The molecule has 0 bridgehead atoms. The summed E-state index contributed by atoms with van der Waals surface area (Å²) >= 11 is 0. The standard InChI is InChI=1S/C23H26N2O5S/c1-4-25(5-2)31(27,28)22-15-18(12-11-17(22)3)24-23(26)21-14-13-20(30-21)16-29-19-9-7-6-8-10-19/h6-15H,4-5,16H2,1-3H3,(H,24,26). The SMILES string of the molecule is CCN(CC)S(=O)(=O)c1cc(NC(=O)c2ccc(COc3ccccc3)o2)ccc1C. The maximum atomic E-state index is 12.9. The van der Waals surface area contributed by atoms with Crippen LogP contribution in [0.2, 0.25) is 0 Å². The number of rotatable bonds is 9. The molecular weight excluding hydrogens is 416 g/mol. The molecule has 0 saturated heterocycles. The number of furan rings is 1. The fourth-order valence-corrected chi connectivity index (χ4v) is 4.81. The molecule has 7 nitrogen and oxygen atoms in total. The highest BCUT2D eigenvalue weighted by molar-refractivity contribution is 7.89. The second kappa shape index (κ2) is 9.80. The molecular formula is C23H26N2O5S. The van der Waals surface area contributed by atoms with E-state index in [1.807, 2.05) is 30.3 Å². The molecule has 0 saturated carbocycles. The lowest BCUT2D eigenvalue weighted by Gasteiger charge is -2.20. The summed E-state index contributed by atoms with van der Waals surface area (Å²) in [5.74, 6) is 0.843. The number of carbonyl (C=O) groups excluding carboxylic acids is 1. The first kappa shape index (κ1) is 22.6. The van der Waals surface area contributed by atoms with Gasteiger partial charge in [0.15, 0.2) is 5.76 Å². The third kappa shape index (κ3) is 5.34. The van der Waals surface area contributed by atoms with Gasteiger partial charge < -0.3 is 14.5 Å². The lowest BCUT2D eigenvalue weighted by molar-refractivity contribution is 0.0992. The van der Waals surface area contributed by atoms with Crippen LogP contribution in [0.15, 0.2) is 70.0 Å². The van der Waals surface area contributed by atoms with Crippen molar-refractivity contribution >= 4 is 21.6 Å². The molecule has 2 aromatic carbocycles. The minimum Gasteiger partial charge on any atom is -0.486 e. The molecule has 0 aliphatic rings. The monoisotopic (exact) mass is 442 g/mol. The Morgan fingerprint density at radius 3 is 2.42 bits per heavy atom. The zero-order chi connectivity index (χ0) is 22.4. The van der Waals surface area contributed by atoms with Gasteiger partial charge in [0.05, 0.1) is 4.90 Å². The number of anilines is 1. The van der Waals surface area contributed by atoms with E-state index >= 15 is 0 Å². The number of benzene rings is 2. The van der Waals surface area contributed by atoms with E-state index in [-0.39, 0.29) is 17.3 Å². The molecule has 0 aliphatic heterocycles. The summed E-state index contributed by atoms with van der Waals surface area (Å²) in [6.07, 6.45) is 0. The minimum absolute atomic E-state index is 0.111. The van der Waals surface area contributed by atoms with Crippen LogP contribution in [0.3, 0.4) is 0 Å². The molecule has 3 rings (SSSR count). The summed E-state index contributed by atoms with van der Waals surface area (Å²) in [4.78, 5) is 12.8. The van der Waals surface area contributed by atoms with Crippen LogP contribution in [-0.4, -0.2) is 31.7 Å². The van der Waals surface area contributed by atoms with Gasteiger partial charge in [-0.1, -0.05) is 38.1 Å². The van der Waals surface area contributed by atoms with Gasteiger partial charge in [-0.25, -0.2) is 8.42 Å². The maximum Gasteiger partial charge on any atom is 0.291 e. The van der Waals surface area contributed by atoms with Gasteiger partial charge in [-0.05, 0) is 48.9 Å². The Labute approximate surface area is 182 Å². The summed E-state index contributed by atoms with van der Waals surface area (Å²) in [6.45, 7) is 6.24. The maximum absolute atomic E-state index is 12.9. The quantitative estimate of drug-likeness (QED) is 0.529. The first-order valence-electron chi connectivity index (χ1n) is 10.0. The topological polar surface area (TPSA) is 88.9 Å². The summed E-state index contributed by atoms with van der Waals surface area (Å²) in [7, 11) is -3.64. The summed E-state index contributed by atoms with van der Waals surface area (Å²) in [6, 6.07) is 17.3. The largest absolute Gasteiger partial charge is 0.486 e. The van der Waals surface area contributed by atoms with Crippen molar-refractivity contribution in [2.45, 2.75) is 32.3 Å². The van der Waals surface area contributed by atoms with Crippen LogP contribution in [0.4, 0.5) is 5.69 Å². The number of nitrogens with zero attached hydrogens (tertiary/aromatic N) is 1. The van der Waals surface area contributed by atoms with Crippen LogP contribution in [0.25, 0.3) is 0 Å². The first-order chi connectivity index (χ1) is 14.8. The predicted octanol–water partition coefficient (Wildman–Crippen LogP) is 4.45. The van der Waals surface area contributed by atoms with Crippen molar-refractivity contribution in [2.24, 2.45) is 0 Å². The Morgan fingerprint density at radius 1 is 1.03 bits per heavy atom. The third-order valence-corrected chi connectivity index (χ3v) is 6.97. The zero-order valence-electron chi connectivity index (χ0n) is 17.8. The van der Waals surface area contributed by atoms with Crippen molar-refractivity contribution in [3.63, 3.8) is 0 Å². The van der Waals surface area contributed by atoms with Gasteiger partial charge in [0.1, 0.15) is 18.1 Å². The van der Waals surface area contributed by atoms with Gasteiger partial charge in [0.25, 0.3) is 5.91 Å². The highest BCUT2D eigenvalue weighted by Crippen LogP contribution is 2.24. The predicted molar refractivity (Wildman–Crippen MR) is 119 cm³/mol. The van der Waals surface area contributed by atoms with Gasteiger partial charge >= 0.3 is 0 Å². The second-order valence-electron chi connectivity index (χ2n) is 6.89. The summed E-state index contributed by atoms with van der Waals surface area (Å²) in [5.41, 5.74) is 0.989. The van der Waals surface area contributed by atoms with Gasteiger partial charge in [-0.2, -0.15) is 4.31 Å². The molecule has 1 heterocycles. The number of para-hydroxylation sites is 1. The average Bonchev–Trinajstić information content (AvgIpc) is 3.24. The molecule has 8 heteroatoms. The molecule has 0 aliphatic carbocycles. The van der Waals surface area contributed by atoms with Crippen LogP contribution in [-0.2, 0) is 16.6 Å². The van der Waals surface area contributed by atoms with Gasteiger partial charge in [-0.15, -0.1) is 0 Å². The van der Waals surface area contributed by atoms with E-state index < -0.39 is 15.9 Å². The average molecular weight is 443 g/mol. The number of ether oxygens (including phenoxy) is 1. The minimum atomic E-state index is -3.64. The molecule has 1 aromatic heterocycles. The molecule has 0 fully saturated rings. The van der Waals surface area contributed by atoms with E-state index in [1.165, 1.54) is 10.4 Å². The van der Waals surface area contributed by atoms with E-state index in [4.69, 9.17) is 9.15 Å². The number of hydrogen-bond acceptors (Lipinski definition) is 5. The normalized spacial score (nSPS) is 11.5. The molecule has 0 spiro atoms. The van der Waals surface area contributed by atoms with Gasteiger partial charge in [-0.3, -0.25) is 4.79 Å². The molecule has 31 heavy (non-hydrogen) atoms. The van der Waals surface area contributed by atoms with Gasteiger partial charge in [0.2, 0.25) is 10.0 Å². The second-order valence-corrected chi connectivity index (χ2v) is 8.80. The van der Waals surface area contributed by atoms with Crippen molar-refractivity contribution in [3.05, 3.63) is 77.7 Å². The van der Waals surface area contributed by atoms with Crippen LogP contribution >= 0.6 is 0 Å². The van der Waals surface area contributed by atoms with E-state index in [0.717, 1.165) is 0 Å². The third-order valence-electron chi connectivity index (χ3n) is 4.78. The molecule has 0 atom stereocenters. The molecule has 1 amide bonds.